The van der Waals surface area contributed by atoms with Crippen molar-refractivity contribution in [3.05, 3.63) is 35.9 Å². The molecule has 10 nitrogen and oxygen atoms in total. The van der Waals surface area contributed by atoms with Crippen LogP contribution in [0.15, 0.2) is 30.3 Å². The van der Waals surface area contributed by atoms with Crippen LogP contribution >= 0.6 is 0 Å². The lowest BCUT2D eigenvalue weighted by Gasteiger charge is -2.36. The molecule has 1 amide bonds. The van der Waals surface area contributed by atoms with Gasteiger partial charge in [0.25, 0.3) is 0 Å². The number of amides is 1. The van der Waals surface area contributed by atoms with Gasteiger partial charge in [-0.3, -0.25) is 14.6 Å². The van der Waals surface area contributed by atoms with Crippen LogP contribution in [0.4, 0.5) is 4.79 Å². The summed E-state index contributed by atoms with van der Waals surface area (Å²) in [7, 11) is 0. The normalized spacial score (nSPS) is 23.4. The van der Waals surface area contributed by atoms with E-state index >= 15 is 0 Å². The van der Waals surface area contributed by atoms with Gasteiger partial charge in [0, 0.05) is 26.1 Å². The van der Waals surface area contributed by atoms with E-state index in [-0.39, 0.29) is 19.0 Å². The second-order valence-electron chi connectivity index (χ2n) is 14.2. The minimum Gasteiger partial charge on any atom is -0.461 e. The molecule has 10 heteroatoms. The van der Waals surface area contributed by atoms with Crippen LogP contribution in [0, 0.1) is 5.92 Å². The van der Waals surface area contributed by atoms with Gasteiger partial charge in [-0.2, -0.15) is 0 Å². The molecule has 2 saturated heterocycles. The van der Waals surface area contributed by atoms with Crippen LogP contribution in [0.25, 0.3) is 0 Å². The summed E-state index contributed by atoms with van der Waals surface area (Å²) in [6.07, 6.45) is 5.70. The number of rotatable bonds is 12. The highest BCUT2D eigenvalue weighted by Gasteiger charge is 2.55. The predicted octanol–water partition coefficient (Wildman–Crippen LogP) is 5.86. The fourth-order valence-corrected chi connectivity index (χ4v) is 6.62. The second-order valence-corrected chi connectivity index (χ2v) is 14.2. The highest BCUT2D eigenvalue weighted by atomic mass is 16.6. The Hall–Kier alpha value is -2.69. The molecule has 3 aliphatic rings. The number of ether oxygens (including phenoxy) is 5. The zero-order valence-corrected chi connectivity index (χ0v) is 28.0. The van der Waals surface area contributed by atoms with E-state index in [9.17, 15) is 14.4 Å². The third-order valence-corrected chi connectivity index (χ3v) is 8.80. The van der Waals surface area contributed by atoms with Crippen molar-refractivity contribution in [1.29, 1.82) is 0 Å². The molecule has 0 spiro atoms. The molecular formula is C35H54N2O8. The maximum Gasteiger partial charge on any atom is 0.412 e. The number of morpholine rings is 1. The summed E-state index contributed by atoms with van der Waals surface area (Å²) in [6, 6.07) is 9.09. The number of carbonyl (C=O) groups excluding carboxylic acids is 3. The summed E-state index contributed by atoms with van der Waals surface area (Å²) >= 11 is 0. The molecule has 2 heterocycles. The van der Waals surface area contributed by atoms with E-state index in [1.807, 2.05) is 65.0 Å². The summed E-state index contributed by atoms with van der Waals surface area (Å²) in [6.45, 7) is 12.6. The van der Waals surface area contributed by atoms with Crippen LogP contribution < -0.4 is 0 Å². The fraction of sp³-hybridized carbons (Fsp3) is 0.743. The first kappa shape index (κ1) is 35.2. The molecule has 252 valence electrons. The molecule has 1 aromatic rings. The van der Waals surface area contributed by atoms with Gasteiger partial charge in [0.2, 0.25) is 0 Å². The van der Waals surface area contributed by atoms with E-state index < -0.39 is 41.6 Å². The Labute approximate surface area is 269 Å². The molecule has 0 radical (unpaired) electrons. The average molecular weight is 631 g/mol. The largest absolute Gasteiger partial charge is 0.461 e. The fourth-order valence-electron chi connectivity index (χ4n) is 6.62. The van der Waals surface area contributed by atoms with E-state index in [4.69, 9.17) is 23.7 Å². The number of carbonyl (C=O) groups is 3. The van der Waals surface area contributed by atoms with Gasteiger partial charge in [0.15, 0.2) is 6.10 Å². The highest BCUT2D eigenvalue weighted by molar-refractivity contribution is 5.79. The lowest BCUT2D eigenvalue weighted by atomic mass is 9.83. The first-order valence-electron chi connectivity index (χ1n) is 16.8. The predicted molar refractivity (Wildman–Crippen MR) is 169 cm³/mol. The van der Waals surface area contributed by atoms with Crippen molar-refractivity contribution >= 4 is 18.0 Å². The molecule has 3 fully saturated rings. The molecule has 2 aliphatic heterocycles. The van der Waals surface area contributed by atoms with Gasteiger partial charge in [-0.25, -0.2) is 9.59 Å². The smallest absolute Gasteiger partial charge is 0.412 e. The third-order valence-electron chi connectivity index (χ3n) is 8.80. The van der Waals surface area contributed by atoms with Crippen LogP contribution in [0.3, 0.4) is 0 Å². The first-order valence-corrected chi connectivity index (χ1v) is 16.8. The average Bonchev–Trinajstić information content (AvgIpc) is 3.26. The standard InChI is InChI=1S/C35H54N2O8/c1-34(2,3)45-33(40)37-29(23-26-13-8-6-9-14-26)31(44-35(37,4)5)32(39)43-28(24-36-19-21-41-22-20-36)17-12-18-30(38)42-25-27-15-10-7-11-16-27/h7,10-11,15-16,26,28-29,31H,6,8-9,12-14,17-25H2,1-5H3/t28?,29-,31+/m0/s1. The van der Waals surface area contributed by atoms with E-state index in [0.717, 1.165) is 44.3 Å². The second kappa shape index (κ2) is 16.2. The Bertz CT molecular complexity index is 1090. The summed E-state index contributed by atoms with van der Waals surface area (Å²) in [4.78, 5) is 43.9. The summed E-state index contributed by atoms with van der Waals surface area (Å²) in [5.41, 5.74) is -0.798. The minimum absolute atomic E-state index is 0.230. The van der Waals surface area contributed by atoms with Crippen LogP contribution in [0.2, 0.25) is 0 Å². The third kappa shape index (κ3) is 11.0. The SMILES string of the molecule is CC(C)(C)OC(=O)N1[C@@H](CC2CCCCC2)[C@H](C(=O)OC(CCCC(=O)OCc2ccccc2)CN2CCOCC2)OC1(C)C. The number of hydrogen-bond donors (Lipinski definition) is 0. The molecule has 0 bridgehead atoms. The number of esters is 2. The molecule has 1 aromatic carbocycles. The zero-order chi connectivity index (χ0) is 32.5. The first-order chi connectivity index (χ1) is 21.4. The van der Waals surface area contributed by atoms with Crippen molar-refractivity contribution in [2.45, 2.75) is 129 Å². The molecule has 1 unspecified atom stereocenters. The highest BCUT2D eigenvalue weighted by Crippen LogP contribution is 2.40. The zero-order valence-electron chi connectivity index (χ0n) is 28.0. The Morgan fingerprint density at radius 1 is 1.02 bits per heavy atom. The van der Waals surface area contributed by atoms with Crippen LogP contribution in [-0.4, -0.2) is 90.3 Å². The summed E-state index contributed by atoms with van der Waals surface area (Å²) in [5, 5.41) is 0. The van der Waals surface area contributed by atoms with Gasteiger partial charge in [-0.1, -0.05) is 62.4 Å². The van der Waals surface area contributed by atoms with Crippen LogP contribution in [0.5, 0.6) is 0 Å². The Morgan fingerprint density at radius 2 is 1.71 bits per heavy atom. The van der Waals surface area contributed by atoms with Gasteiger partial charge in [-0.05, 0) is 65.4 Å². The Balaban J connectivity index is 1.43. The molecular weight excluding hydrogens is 576 g/mol. The van der Waals surface area contributed by atoms with E-state index in [2.05, 4.69) is 4.90 Å². The van der Waals surface area contributed by atoms with Crippen molar-refractivity contribution < 1.29 is 38.1 Å². The van der Waals surface area contributed by atoms with Gasteiger partial charge in [-0.15, -0.1) is 0 Å². The van der Waals surface area contributed by atoms with Crippen molar-refractivity contribution in [2.24, 2.45) is 5.92 Å². The van der Waals surface area contributed by atoms with Crippen LogP contribution in [0.1, 0.15) is 98.0 Å². The topological polar surface area (TPSA) is 104 Å². The molecule has 0 N–H and O–H groups in total. The van der Waals surface area contributed by atoms with Gasteiger partial charge < -0.3 is 23.7 Å². The number of nitrogens with zero attached hydrogens (tertiary/aromatic N) is 2. The van der Waals surface area contributed by atoms with E-state index in [1.165, 1.54) is 6.42 Å². The van der Waals surface area contributed by atoms with Gasteiger partial charge >= 0.3 is 18.0 Å². The van der Waals surface area contributed by atoms with Gasteiger partial charge in [0.05, 0.1) is 19.3 Å². The summed E-state index contributed by atoms with van der Waals surface area (Å²) in [5.74, 6) is -0.357. The van der Waals surface area contributed by atoms with E-state index in [0.29, 0.717) is 44.9 Å². The Morgan fingerprint density at radius 3 is 2.38 bits per heavy atom. The molecule has 1 saturated carbocycles. The molecule has 4 rings (SSSR count). The van der Waals surface area contributed by atoms with Gasteiger partial charge in [0.1, 0.15) is 24.0 Å². The number of benzene rings is 1. The maximum atomic E-state index is 14.0. The van der Waals surface area contributed by atoms with Crippen molar-refractivity contribution in [3.63, 3.8) is 0 Å². The molecule has 1 aliphatic carbocycles. The molecule has 3 atom stereocenters. The van der Waals surface area contributed by atoms with Crippen molar-refractivity contribution in [1.82, 2.24) is 9.80 Å². The van der Waals surface area contributed by atoms with E-state index in [1.54, 1.807) is 4.90 Å². The lowest BCUT2D eigenvalue weighted by molar-refractivity contribution is -0.168. The molecule has 45 heavy (non-hydrogen) atoms. The minimum atomic E-state index is -1.05. The monoisotopic (exact) mass is 630 g/mol. The number of hydrogen-bond acceptors (Lipinski definition) is 9. The van der Waals surface area contributed by atoms with Crippen molar-refractivity contribution in [2.75, 3.05) is 32.8 Å². The lowest BCUT2D eigenvalue weighted by Crippen LogP contribution is -2.51. The molecule has 0 aromatic heterocycles. The van der Waals surface area contributed by atoms with Crippen molar-refractivity contribution in [3.8, 4) is 0 Å². The Kier molecular flexibility index (Phi) is 12.7. The quantitative estimate of drug-likeness (QED) is 0.208. The van der Waals surface area contributed by atoms with Crippen LogP contribution in [-0.2, 0) is 39.9 Å². The summed E-state index contributed by atoms with van der Waals surface area (Å²) < 4.78 is 29.4. The maximum absolute atomic E-state index is 14.0.